The van der Waals surface area contributed by atoms with E-state index in [1.807, 2.05) is 42.5 Å². The number of allylic oxidation sites excluding steroid dienone is 1. The molecule has 96 valence electrons. The number of hydrogen-bond acceptors (Lipinski definition) is 3. The average Bonchev–Trinajstić information content (AvgIpc) is 2.42. The molecular weight excluding hydrogens is 228 g/mol. The minimum atomic E-state index is -0.630. The lowest BCUT2D eigenvalue weighted by Crippen LogP contribution is -2.17. The van der Waals surface area contributed by atoms with Gasteiger partial charge in [-0.2, -0.15) is 0 Å². The summed E-state index contributed by atoms with van der Waals surface area (Å²) >= 11 is 0. The molecule has 0 aliphatic carbocycles. The third-order valence-corrected chi connectivity index (χ3v) is 2.36. The quantitative estimate of drug-likeness (QED) is 0.594. The third-order valence-electron chi connectivity index (χ3n) is 2.36. The fourth-order valence-corrected chi connectivity index (χ4v) is 1.39. The van der Waals surface area contributed by atoms with E-state index in [9.17, 15) is 9.90 Å². The molecule has 0 aromatic heterocycles. The number of aliphatic hydroxyl groups is 1. The number of esters is 1. The molecule has 0 bridgehead atoms. The molecule has 3 heteroatoms. The van der Waals surface area contributed by atoms with Crippen molar-refractivity contribution in [1.29, 1.82) is 0 Å². The van der Waals surface area contributed by atoms with Gasteiger partial charge in [0.2, 0.25) is 0 Å². The van der Waals surface area contributed by atoms with Crippen molar-refractivity contribution in [1.82, 2.24) is 0 Å². The summed E-state index contributed by atoms with van der Waals surface area (Å²) in [5.74, 6) is -0.506. The van der Waals surface area contributed by atoms with Gasteiger partial charge in [0.05, 0.1) is 6.10 Å². The Bertz CT molecular complexity index is 395. The maximum Gasteiger partial charge on any atom is 0.330 e. The van der Waals surface area contributed by atoms with Gasteiger partial charge < -0.3 is 9.84 Å². The van der Waals surface area contributed by atoms with E-state index in [4.69, 9.17) is 4.74 Å². The smallest absolute Gasteiger partial charge is 0.330 e. The highest BCUT2D eigenvalue weighted by Gasteiger charge is 2.05. The molecule has 0 saturated carbocycles. The lowest BCUT2D eigenvalue weighted by Gasteiger charge is -2.08. The van der Waals surface area contributed by atoms with Crippen molar-refractivity contribution in [3.8, 4) is 0 Å². The third kappa shape index (κ3) is 6.01. The Kier molecular flexibility index (Phi) is 6.51. The van der Waals surface area contributed by atoms with Crippen molar-refractivity contribution < 1.29 is 14.6 Å². The highest BCUT2D eigenvalue weighted by molar-refractivity contribution is 5.81. The Morgan fingerprint density at radius 2 is 2.11 bits per heavy atom. The Hall–Kier alpha value is -1.87. The Balaban J connectivity index is 2.19. The molecule has 0 radical (unpaired) electrons. The van der Waals surface area contributed by atoms with Gasteiger partial charge in [0.15, 0.2) is 0 Å². The number of carbonyl (C=O) groups is 1. The van der Waals surface area contributed by atoms with Crippen molar-refractivity contribution in [2.75, 3.05) is 6.61 Å². The maximum absolute atomic E-state index is 10.8. The molecular formula is C15H18O3. The van der Waals surface area contributed by atoms with Gasteiger partial charge in [0.25, 0.3) is 0 Å². The molecule has 0 amide bonds. The largest absolute Gasteiger partial charge is 0.460 e. The van der Waals surface area contributed by atoms with Gasteiger partial charge in [-0.25, -0.2) is 4.79 Å². The summed E-state index contributed by atoms with van der Waals surface area (Å²) < 4.78 is 4.74. The van der Waals surface area contributed by atoms with E-state index in [-0.39, 0.29) is 6.61 Å². The van der Waals surface area contributed by atoms with Crippen LogP contribution in [0.1, 0.15) is 18.4 Å². The number of ether oxygens (including phenoxy) is 1. The zero-order valence-corrected chi connectivity index (χ0v) is 10.3. The lowest BCUT2D eigenvalue weighted by atomic mass is 10.1. The van der Waals surface area contributed by atoms with E-state index >= 15 is 0 Å². The highest BCUT2D eigenvalue weighted by atomic mass is 16.5. The summed E-state index contributed by atoms with van der Waals surface area (Å²) in [5, 5.41) is 9.55. The predicted octanol–water partition coefficient (Wildman–Crippen LogP) is 2.57. The van der Waals surface area contributed by atoms with Gasteiger partial charge in [-0.05, 0) is 18.4 Å². The minimum absolute atomic E-state index is 0.0179. The van der Waals surface area contributed by atoms with Crippen LogP contribution in [0.2, 0.25) is 0 Å². The predicted molar refractivity (Wildman–Crippen MR) is 71.9 cm³/mol. The topological polar surface area (TPSA) is 46.5 Å². The first-order valence-corrected chi connectivity index (χ1v) is 5.91. The van der Waals surface area contributed by atoms with Gasteiger partial charge in [-0.3, -0.25) is 0 Å². The molecule has 1 N–H and O–H groups in total. The van der Waals surface area contributed by atoms with Crippen LogP contribution in [-0.4, -0.2) is 23.8 Å². The van der Waals surface area contributed by atoms with Crippen molar-refractivity contribution >= 4 is 12.0 Å². The maximum atomic E-state index is 10.8. The molecule has 1 rings (SSSR count). The SMILES string of the molecule is C=CC(=O)OCC(O)CC/C=C/c1ccccc1. The zero-order chi connectivity index (χ0) is 13.2. The highest BCUT2D eigenvalue weighted by Crippen LogP contribution is 2.05. The normalized spacial score (nSPS) is 12.3. The molecule has 18 heavy (non-hydrogen) atoms. The molecule has 0 aliphatic rings. The fraction of sp³-hybridized carbons (Fsp3) is 0.267. The molecule has 0 heterocycles. The van der Waals surface area contributed by atoms with Gasteiger partial charge >= 0.3 is 5.97 Å². The summed E-state index contributed by atoms with van der Waals surface area (Å²) in [6.45, 7) is 3.30. The van der Waals surface area contributed by atoms with E-state index in [0.29, 0.717) is 6.42 Å². The van der Waals surface area contributed by atoms with Crippen LogP contribution in [0.3, 0.4) is 0 Å². The van der Waals surface area contributed by atoms with Crippen molar-refractivity contribution in [2.45, 2.75) is 18.9 Å². The Morgan fingerprint density at radius 1 is 1.39 bits per heavy atom. The van der Waals surface area contributed by atoms with E-state index in [2.05, 4.69) is 6.58 Å². The van der Waals surface area contributed by atoms with E-state index in [0.717, 1.165) is 18.1 Å². The van der Waals surface area contributed by atoms with Crippen LogP contribution in [0.15, 0.2) is 49.1 Å². The number of rotatable bonds is 7. The number of aliphatic hydroxyl groups excluding tert-OH is 1. The molecule has 1 atom stereocenters. The van der Waals surface area contributed by atoms with Crippen molar-refractivity contribution in [2.24, 2.45) is 0 Å². The van der Waals surface area contributed by atoms with Gasteiger partial charge in [-0.1, -0.05) is 49.1 Å². The summed E-state index contributed by atoms with van der Waals surface area (Å²) in [4.78, 5) is 10.8. The summed E-state index contributed by atoms with van der Waals surface area (Å²) in [6, 6.07) is 9.94. The summed E-state index contributed by atoms with van der Waals surface area (Å²) in [7, 11) is 0. The molecule has 3 nitrogen and oxygen atoms in total. The first kappa shape index (κ1) is 14.2. The first-order chi connectivity index (χ1) is 8.72. The second-order valence-electron chi connectivity index (χ2n) is 3.88. The zero-order valence-electron chi connectivity index (χ0n) is 10.3. The molecule has 1 aromatic rings. The monoisotopic (exact) mass is 246 g/mol. The van der Waals surface area contributed by atoms with Gasteiger partial charge in [-0.15, -0.1) is 0 Å². The van der Waals surface area contributed by atoms with Crippen molar-refractivity contribution in [3.63, 3.8) is 0 Å². The summed E-state index contributed by atoms with van der Waals surface area (Å²) in [5.41, 5.74) is 1.13. The van der Waals surface area contributed by atoms with Crippen LogP contribution in [0.4, 0.5) is 0 Å². The number of benzene rings is 1. The molecule has 0 spiro atoms. The molecule has 0 aliphatic heterocycles. The van der Waals surface area contributed by atoms with Gasteiger partial charge in [0.1, 0.15) is 6.61 Å². The molecule has 0 fully saturated rings. The molecule has 1 unspecified atom stereocenters. The Morgan fingerprint density at radius 3 is 2.78 bits per heavy atom. The average molecular weight is 246 g/mol. The first-order valence-electron chi connectivity index (χ1n) is 5.91. The fourth-order valence-electron chi connectivity index (χ4n) is 1.39. The van der Waals surface area contributed by atoms with Crippen LogP contribution >= 0.6 is 0 Å². The minimum Gasteiger partial charge on any atom is -0.460 e. The van der Waals surface area contributed by atoms with Crippen LogP contribution in [0.25, 0.3) is 6.08 Å². The van der Waals surface area contributed by atoms with E-state index in [1.54, 1.807) is 0 Å². The molecule has 1 aromatic carbocycles. The standard InChI is InChI=1S/C15H18O3/c1-2-15(17)18-12-14(16)11-7-6-10-13-8-4-3-5-9-13/h2-6,8-10,14,16H,1,7,11-12H2/b10-6+. The van der Waals surface area contributed by atoms with Crippen LogP contribution in [0, 0.1) is 0 Å². The lowest BCUT2D eigenvalue weighted by molar-refractivity contribution is -0.140. The van der Waals surface area contributed by atoms with E-state index in [1.165, 1.54) is 0 Å². The van der Waals surface area contributed by atoms with Crippen molar-refractivity contribution in [3.05, 3.63) is 54.6 Å². The van der Waals surface area contributed by atoms with E-state index < -0.39 is 12.1 Å². The second kappa shape index (κ2) is 8.25. The van der Waals surface area contributed by atoms with Gasteiger partial charge in [0, 0.05) is 6.08 Å². The number of carbonyl (C=O) groups excluding carboxylic acids is 1. The Labute approximate surface area is 107 Å². The number of hydrogen-bond donors (Lipinski definition) is 1. The van der Waals surface area contributed by atoms with Crippen LogP contribution in [-0.2, 0) is 9.53 Å². The summed E-state index contributed by atoms with van der Waals surface area (Å²) in [6.07, 6.45) is 5.75. The van der Waals surface area contributed by atoms with Crippen LogP contribution in [0.5, 0.6) is 0 Å². The molecule has 0 saturated heterocycles. The van der Waals surface area contributed by atoms with Crippen LogP contribution < -0.4 is 0 Å². The second-order valence-corrected chi connectivity index (χ2v) is 3.88.